The van der Waals surface area contributed by atoms with Crippen LogP contribution in [0.15, 0.2) is 18.5 Å². The zero-order valence-electron chi connectivity index (χ0n) is 8.07. The lowest BCUT2D eigenvalue weighted by Crippen LogP contribution is -2.23. The van der Waals surface area contributed by atoms with E-state index in [-0.39, 0.29) is 5.60 Å². The smallest absolute Gasteiger partial charge is 0.151 e. The second-order valence-electron chi connectivity index (χ2n) is 3.79. The number of nitrogens with zero attached hydrogens (tertiary/aromatic N) is 1. The maximum absolute atomic E-state index is 10.4. The number of carbonyl (C=O) groups excluding carboxylic acids is 1. The monoisotopic (exact) mass is 179 g/mol. The molecule has 0 radical (unpaired) electrons. The van der Waals surface area contributed by atoms with Crippen molar-refractivity contribution in [3.8, 4) is 5.75 Å². The minimum absolute atomic E-state index is 0.261. The fourth-order valence-electron chi connectivity index (χ4n) is 0.909. The zero-order chi connectivity index (χ0) is 9.90. The summed E-state index contributed by atoms with van der Waals surface area (Å²) in [5.41, 5.74) is 0.269. The van der Waals surface area contributed by atoms with Crippen LogP contribution in [0.2, 0.25) is 0 Å². The van der Waals surface area contributed by atoms with Gasteiger partial charge in [-0.1, -0.05) is 0 Å². The number of hydrogen-bond donors (Lipinski definition) is 0. The summed E-state index contributed by atoms with van der Waals surface area (Å²) in [6.07, 6.45) is 3.85. The minimum atomic E-state index is -0.261. The highest BCUT2D eigenvalue weighted by atomic mass is 16.5. The highest BCUT2D eigenvalue weighted by Crippen LogP contribution is 2.16. The Labute approximate surface area is 77.8 Å². The van der Waals surface area contributed by atoms with Crippen LogP contribution in [0.25, 0.3) is 0 Å². The highest BCUT2D eigenvalue weighted by molar-refractivity contribution is 5.74. The molecule has 3 nitrogen and oxygen atoms in total. The number of aromatic nitrogens is 1. The van der Waals surface area contributed by atoms with Gasteiger partial charge in [0.1, 0.15) is 11.4 Å². The van der Waals surface area contributed by atoms with Crippen LogP contribution >= 0.6 is 0 Å². The van der Waals surface area contributed by atoms with Crippen LogP contribution in [0.1, 0.15) is 31.1 Å². The van der Waals surface area contributed by atoms with Crippen molar-refractivity contribution in [3.63, 3.8) is 0 Å². The maximum Gasteiger partial charge on any atom is 0.151 e. The first-order valence-electron chi connectivity index (χ1n) is 4.10. The summed E-state index contributed by atoms with van der Waals surface area (Å²) in [6.45, 7) is 5.84. The molecule has 13 heavy (non-hydrogen) atoms. The van der Waals surface area contributed by atoms with Gasteiger partial charge in [-0.15, -0.1) is 0 Å². The van der Waals surface area contributed by atoms with E-state index in [1.807, 2.05) is 20.8 Å². The number of pyridine rings is 1. The van der Waals surface area contributed by atoms with Crippen molar-refractivity contribution in [2.45, 2.75) is 26.4 Å². The van der Waals surface area contributed by atoms with Crippen molar-refractivity contribution in [1.29, 1.82) is 0 Å². The molecule has 0 saturated carbocycles. The van der Waals surface area contributed by atoms with E-state index >= 15 is 0 Å². The molecule has 70 valence electrons. The van der Waals surface area contributed by atoms with E-state index in [0.717, 1.165) is 6.29 Å². The summed E-state index contributed by atoms with van der Waals surface area (Å²) in [5.74, 6) is 0.622. The Kier molecular flexibility index (Phi) is 2.66. The molecule has 0 aliphatic carbocycles. The van der Waals surface area contributed by atoms with Gasteiger partial charge >= 0.3 is 0 Å². The molecule has 0 unspecified atom stereocenters. The lowest BCUT2D eigenvalue weighted by atomic mass is 10.2. The van der Waals surface area contributed by atoms with Gasteiger partial charge in [0.15, 0.2) is 6.29 Å². The van der Waals surface area contributed by atoms with Crippen LogP contribution in [0.3, 0.4) is 0 Å². The summed E-state index contributed by atoms with van der Waals surface area (Å²) < 4.78 is 5.52. The van der Waals surface area contributed by atoms with Gasteiger partial charge in [-0.3, -0.25) is 9.78 Å². The van der Waals surface area contributed by atoms with Crippen LogP contribution < -0.4 is 4.74 Å². The second-order valence-corrected chi connectivity index (χ2v) is 3.79. The lowest BCUT2D eigenvalue weighted by Gasteiger charge is -2.20. The number of carbonyl (C=O) groups is 1. The molecular weight excluding hydrogens is 166 g/mol. The molecular formula is C10H13NO2. The summed E-state index contributed by atoms with van der Waals surface area (Å²) in [5, 5.41) is 0. The summed E-state index contributed by atoms with van der Waals surface area (Å²) >= 11 is 0. The van der Waals surface area contributed by atoms with Crippen molar-refractivity contribution in [2.75, 3.05) is 0 Å². The van der Waals surface area contributed by atoms with Gasteiger partial charge in [0.25, 0.3) is 0 Å². The first-order chi connectivity index (χ1) is 6.01. The fourth-order valence-corrected chi connectivity index (χ4v) is 0.909. The molecule has 0 atom stereocenters. The van der Waals surface area contributed by atoms with Crippen molar-refractivity contribution < 1.29 is 9.53 Å². The number of aldehydes is 1. The molecule has 0 amide bonds. The van der Waals surface area contributed by atoms with Crippen LogP contribution in [0, 0.1) is 0 Å². The summed E-state index contributed by atoms with van der Waals surface area (Å²) in [7, 11) is 0. The predicted molar refractivity (Wildman–Crippen MR) is 50.0 cm³/mol. The second kappa shape index (κ2) is 3.56. The van der Waals surface area contributed by atoms with E-state index < -0.39 is 0 Å². The summed E-state index contributed by atoms with van der Waals surface area (Å²) in [6, 6.07) is 1.67. The first-order valence-corrected chi connectivity index (χ1v) is 4.10. The van der Waals surface area contributed by atoms with Crippen molar-refractivity contribution in [2.24, 2.45) is 0 Å². The fraction of sp³-hybridized carbons (Fsp3) is 0.400. The molecule has 1 heterocycles. The molecule has 1 rings (SSSR count). The van der Waals surface area contributed by atoms with E-state index in [4.69, 9.17) is 4.74 Å². The quantitative estimate of drug-likeness (QED) is 0.652. The Morgan fingerprint density at radius 3 is 2.62 bits per heavy atom. The molecule has 0 aliphatic heterocycles. The zero-order valence-corrected chi connectivity index (χ0v) is 8.07. The van der Waals surface area contributed by atoms with E-state index in [1.54, 1.807) is 12.3 Å². The van der Waals surface area contributed by atoms with E-state index in [2.05, 4.69) is 4.98 Å². The third kappa shape index (κ3) is 3.23. The van der Waals surface area contributed by atoms with Gasteiger partial charge in [0.05, 0.1) is 6.20 Å². The summed E-state index contributed by atoms with van der Waals surface area (Å²) in [4.78, 5) is 14.3. The van der Waals surface area contributed by atoms with Crippen molar-refractivity contribution >= 4 is 6.29 Å². The first kappa shape index (κ1) is 9.71. The van der Waals surface area contributed by atoms with Gasteiger partial charge in [0, 0.05) is 11.8 Å². The van der Waals surface area contributed by atoms with Crippen LogP contribution in [-0.4, -0.2) is 16.9 Å². The molecule has 0 N–H and O–H groups in total. The molecule has 3 heteroatoms. The molecule has 0 bridgehead atoms. The topological polar surface area (TPSA) is 39.2 Å². The Morgan fingerprint density at radius 1 is 1.38 bits per heavy atom. The lowest BCUT2D eigenvalue weighted by molar-refractivity contribution is 0.111. The van der Waals surface area contributed by atoms with Gasteiger partial charge in [0.2, 0.25) is 0 Å². The number of rotatable bonds is 2. The average Bonchev–Trinajstić information content (AvgIpc) is 2.01. The predicted octanol–water partition coefficient (Wildman–Crippen LogP) is 2.07. The third-order valence-corrected chi connectivity index (χ3v) is 1.29. The molecule has 1 aromatic rings. The maximum atomic E-state index is 10.4. The number of hydrogen-bond acceptors (Lipinski definition) is 3. The molecule has 0 saturated heterocycles. The average molecular weight is 179 g/mol. The van der Waals surface area contributed by atoms with Crippen molar-refractivity contribution in [1.82, 2.24) is 4.98 Å². The standard InChI is InChI=1S/C10H13NO2/c1-10(2,3)13-9-4-8(7-12)5-11-6-9/h4-7H,1-3H3. The third-order valence-electron chi connectivity index (χ3n) is 1.29. The van der Waals surface area contributed by atoms with E-state index in [0.29, 0.717) is 11.3 Å². The van der Waals surface area contributed by atoms with Crippen LogP contribution in [-0.2, 0) is 0 Å². The van der Waals surface area contributed by atoms with E-state index in [9.17, 15) is 4.79 Å². The van der Waals surface area contributed by atoms with E-state index in [1.165, 1.54) is 6.20 Å². The van der Waals surface area contributed by atoms with Crippen LogP contribution in [0.5, 0.6) is 5.75 Å². The van der Waals surface area contributed by atoms with Crippen molar-refractivity contribution in [3.05, 3.63) is 24.0 Å². The molecule has 0 aromatic carbocycles. The van der Waals surface area contributed by atoms with Gasteiger partial charge < -0.3 is 4.74 Å². The Morgan fingerprint density at radius 2 is 2.08 bits per heavy atom. The Bertz CT molecular complexity index is 302. The molecule has 0 fully saturated rings. The minimum Gasteiger partial charge on any atom is -0.487 e. The normalized spacial score (nSPS) is 11.0. The molecule has 0 spiro atoms. The Hall–Kier alpha value is -1.38. The van der Waals surface area contributed by atoms with Gasteiger partial charge in [-0.2, -0.15) is 0 Å². The largest absolute Gasteiger partial charge is 0.487 e. The number of ether oxygens (including phenoxy) is 1. The van der Waals surface area contributed by atoms with Crippen LogP contribution in [0.4, 0.5) is 0 Å². The molecule has 0 aliphatic rings. The Balaban J connectivity index is 2.84. The SMILES string of the molecule is CC(C)(C)Oc1cncc(C=O)c1. The van der Waals surface area contributed by atoms with Gasteiger partial charge in [-0.25, -0.2) is 0 Å². The van der Waals surface area contributed by atoms with Gasteiger partial charge in [-0.05, 0) is 26.8 Å². The highest BCUT2D eigenvalue weighted by Gasteiger charge is 2.11. The molecule has 1 aromatic heterocycles.